The van der Waals surface area contributed by atoms with E-state index in [0.29, 0.717) is 25.2 Å². The van der Waals surface area contributed by atoms with Crippen LogP contribution in [0, 0.1) is 6.92 Å². The molecule has 1 fully saturated rings. The molecule has 100 valence electrons. The Morgan fingerprint density at radius 3 is 2.83 bits per heavy atom. The van der Waals surface area contributed by atoms with Gasteiger partial charge in [-0.3, -0.25) is 0 Å². The Hall–Kier alpha value is -0.960. The van der Waals surface area contributed by atoms with E-state index in [1.54, 1.807) is 0 Å². The number of primary sulfonamides is 1. The van der Waals surface area contributed by atoms with Crippen LogP contribution in [0.2, 0.25) is 0 Å². The summed E-state index contributed by atoms with van der Waals surface area (Å²) in [6, 6.07) is 0. The molecule has 0 aromatic carbocycles. The average molecular weight is 291 g/mol. The number of hydrogen-bond donors (Lipinski definition) is 1. The van der Waals surface area contributed by atoms with Crippen molar-refractivity contribution in [2.45, 2.75) is 23.7 Å². The van der Waals surface area contributed by atoms with Crippen LogP contribution < -0.4 is 5.14 Å². The van der Waals surface area contributed by atoms with E-state index < -0.39 is 16.0 Å². The Bertz CT molecular complexity index is 557. The van der Waals surface area contributed by atoms with Crippen LogP contribution in [0.5, 0.6) is 0 Å². The summed E-state index contributed by atoms with van der Waals surface area (Å²) in [7, 11) is -3.79. The van der Waals surface area contributed by atoms with Crippen LogP contribution in [-0.4, -0.2) is 33.7 Å². The first-order valence-electron chi connectivity index (χ1n) is 5.29. The SMILES string of the molecule is Cc1c(C(=O)OC2CCOC2)csc1S(N)(=O)=O. The second-order valence-electron chi connectivity index (χ2n) is 4.00. The van der Waals surface area contributed by atoms with E-state index in [1.165, 1.54) is 12.3 Å². The minimum Gasteiger partial charge on any atom is -0.456 e. The number of nitrogens with two attached hydrogens (primary N) is 1. The molecule has 2 N–H and O–H groups in total. The Balaban J connectivity index is 2.18. The molecule has 0 aliphatic carbocycles. The fraction of sp³-hybridized carbons (Fsp3) is 0.500. The van der Waals surface area contributed by atoms with Gasteiger partial charge in [-0.05, 0) is 12.5 Å². The number of sulfonamides is 1. The summed E-state index contributed by atoms with van der Waals surface area (Å²) >= 11 is 0.924. The predicted molar refractivity (Wildman–Crippen MR) is 65.1 cm³/mol. The summed E-state index contributed by atoms with van der Waals surface area (Å²) in [5, 5.41) is 6.50. The molecular weight excluding hydrogens is 278 g/mol. The third-order valence-corrected chi connectivity index (χ3v) is 5.32. The molecule has 0 saturated carbocycles. The van der Waals surface area contributed by atoms with Crippen LogP contribution >= 0.6 is 11.3 Å². The first-order valence-corrected chi connectivity index (χ1v) is 7.72. The standard InChI is InChI=1S/C10H13NO5S2/c1-6-8(5-17-10(6)18(11,13)14)9(12)16-7-2-3-15-4-7/h5,7H,2-4H2,1H3,(H2,11,13,14). The highest BCUT2D eigenvalue weighted by atomic mass is 32.2. The third-order valence-electron chi connectivity index (χ3n) is 2.63. The molecule has 1 aliphatic rings. The second kappa shape index (κ2) is 4.96. The fourth-order valence-electron chi connectivity index (χ4n) is 1.70. The summed E-state index contributed by atoms with van der Waals surface area (Å²) in [4.78, 5) is 11.9. The molecule has 1 unspecified atom stereocenters. The van der Waals surface area contributed by atoms with Gasteiger partial charge in [-0.15, -0.1) is 11.3 Å². The number of rotatable bonds is 3. The van der Waals surface area contributed by atoms with Gasteiger partial charge in [0.05, 0.1) is 18.8 Å². The quantitative estimate of drug-likeness (QED) is 0.825. The molecule has 1 aromatic rings. The zero-order valence-corrected chi connectivity index (χ0v) is 11.3. The van der Waals surface area contributed by atoms with Crippen molar-refractivity contribution in [2.24, 2.45) is 5.14 Å². The number of hydrogen-bond acceptors (Lipinski definition) is 6. The minimum absolute atomic E-state index is 0.00266. The summed E-state index contributed by atoms with van der Waals surface area (Å²) < 4.78 is 32.8. The van der Waals surface area contributed by atoms with Gasteiger partial charge < -0.3 is 9.47 Å². The molecule has 1 aliphatic heterocycles. The molecule has 6 nitrogen and oxygen atoms in total. The Labute approximate surface area is 109 Å². The monoisotopic (exact) mass is 291 g/mol. The van der Waals surface area contributed by atoms with Gasteiger partial charge in [0, 0.05) is 11.8 Å². The highest BCUT2D eigenvalue weighted by Crippen LogP contribution is 2.26. The van der Waals surface area contributed by atoms with Crippen molar-refractivity contribution in [1.82, 2.24) is 0 Å². The van der Waals surface area contributed by atoms with Crippen molar-refractivity contribution in [3.8, 4) is 0 Å². The van der Waals surface area contributed by atoms with Crippen molar-refractivity contribution in [3.63, 3.8) is 0 Å². The molecular formula is C10H13NO5S2. The lowest BCUT2D eigenvalue weighted by molar-refractivity contribution is 0.0270. The van der Waals surface area contributed by atoms with Crippen molar-refractivity contribution < 1.29 is 22.7 Å². The first kappa shape index (κ1) is 13.5. The van der Waals surface area contributed by atoms with E-state index >= 15 is 0 Å². The van der Waals surface area contributed by atoms with Gasteiger partial charge in [0.1, 0.15) is 10.3 Å². The number of carbonyl (C=O) groups excluding carboxylic acids is 1. The van der Waals surface area contributed by atoms with E-state index in [9.17, 15) is 13.2 Å². The van der Waals surface area contributed by atoms with Gasteiger partial charge >= 0.3 is 5.97 Å². The smallest absolute Gasteiger partial charge is 0.339 e. The third kappa shape index (κ3) is 2.72. The maximum Gasteiger partial charge on any atom is 0.339 e. The van der Waals surface area contributed by atoms with Crippen molar-refractivity contribution in [3.05, 3.63) is 16.5 Å². The van der Waals surface area contributed by atoms with Crippen LogP contribution in [0.15, 0.2) is 9.59 Å². The van der Waals surface area contributed by atoms with Crippen LogP contribution in [0.4, 0.5) is 0 Å². The van der Waals surface area contributed by atoms with Crippen LogP contribution in [-0.2, 0) is 19.5 Å². The van der Waals surface area contributed by atoms with Crippen LogP contribution in [0.25, 0.3) is 0 Å². The van der Waals surface area contributed by atoms with E-state index in [2.05, 4.69) is 0 Å². The van der Waals surface area contributed by atoms with Crippen molar-refractivity contribution in [1.29, 1.82) is 0 Å². The molecule has 1 aromatic heterocycles. The highest BCUT2D eigenvalue weighted by Gasteiger charge is 2.25. The summed E-state index contributed by atoms with van der Waals surface area (Å²) in [5.74, 6) is -0.533. The van der Waals surface area contributed by atoms with E-state index in [0.717, 1.165) is 11.3 Å². The Morgan fingerprint density at radius 1 is 1.61 bits per heavy atom. The van der Waals surface area contributed by atoms with Gasteiger partial charge in [-0.2, -0.15) is 0 Å². The van der Waals surface area contributed by atoms with E-state index in [1.807, 2.05) is 0 Å². The largest absolute Gasteiger partial charge is 0.456 e. The molecule has 0 spiro atoms. The zero-order chi connectivity index (χ0) is 13.3. The van der Waals surface area contributed by atoms with Gasteiger partial charge in [0.2, 0.25) is 10.0 Å². The number of carbonyl (C=O) groups is 1. The predicted octanol–water partition coefficient (Wildman–Crippen LogP) is 0.650. The second-order valence-corrected chi connectivity index (χ2v) is 6.63. The van der Waals surface area contributed by atoms with Crippen LogP contribution in [0.3, 0.4) is 0 Å². The first-order chi connectivity index (χ1) is 8.39. The van der Waals surface area contributed by atoms with E-state index in [-0.39, 0.29) is 15.9 Å². The number of ether oxygens (including phenoxy) is 2. The van der Waals surface area contributed by atoms with Gasteiger partial charge in [0.25, 0.3) is 0 Å². The lowest BCUT2D eigenvalue weighted by atomic mass is 10.2. The molecule has 18 heavy (non-hydrogen) atoms. The number of thiophene rings is 1. The van der Waals surface area contributed by atoms with Crippen molar-refractivity contribution in [2.75, 3.05) is 13.2 Å². The Kier molecular flexibility index (Phi) is 3.71. The fourth-order valence-corrected chi connectivity index (χ4v) is 3.70. The maximum absolute atomic E-state index is 11.9. The highest BCUT2D eigenvalue weighted by molar-refractivity contribution is 7.91. The molecule has 0 radical (unpaired) electrons. The molecule has 2 rings (SSSR count). The van der Waals surface area contributed by atoms with Gasteiger partial charge in [-0.1, -0.05) is 0 Å². The molecule has 0 amide bonds. The molecule has 8 heteroatoms. The lowest BCUT2D eigenvalue weighted by Gasteiger charge is -2.09. The summed E-state index contributed by atoms with van der Waals surface area (Å²) in [6.07, 6.45) is 0.409. The molecule has 0 bridgehead atoms. The van der Waals surface area contributed by atoms with Crippen molar-refractivity contribution >= 4 is 27.3 Å². The zero-order valence-electron chi connectivity index (χ0n) is 9.71. The van der Waals surface area contributed by atoms with Crippen LogP contribution in [0.1, 0.15) is 22.3 Å². The number of esters is 1. The van der Waals surface area contributed by atoms with E-state index in [4.69, 9.17) is 14.6 Å². The maximum atomic E-state index is 11.9. The minimum atomic E-state index is -3.79. The topological polar surface area (TPSA) is 95.7 Å². The van der Waals surface area contributed by atoms with Gasteiger partial charge in [-0.25, -0.2) is 18.4 Å². The summed E-state index contributed by atoms with van der Waals surface area (Å²) in [6.45, 7) is 2.50. The molecule has 1 saturated heterocycles. The summed E-state index contributed by atoms with van der Waals surface area (Å²) in [5.41, 5.74) is 0.586. The normalized spacial score (nSPS) is 20.0. The Morgan fingerprint density at radius 2 is 2.33 bits per heavy atom. The van der Waals surface area contributed by atoms with Gasteiger partial charge in [0.15, 0.2) is 0 Å². The molecule has 2 heterocycles. The molecule has 1 atom stereocenters. The average Bonchev–Trinajstić information content (AvgIpc) is 2.85. The lowest BCUT2D eigenvalue weighted by Crippen LogP contribution is -2.18.